The summed E-state index contributed by atoms with van der Waals surface area (Å²) in [5, 5.41) is 12.1. The number of fused-ring (bicyclic) bond motifs is 1. The van der Waals surface area contributed by atoms with Crippen molar-refractivity contribution in [3.8, 4) is 0 Å². The topological polar surface area (TPSA) is 105 Å². The van der Waals surface area contributed by atoms with E-state index in [1.54, 1.807) is 23.7 Å². The molecule has 2 N–H and O–H groups in total. The van der Waals surface area contributed by atoms with Gasteiger partial charge in [0.05, 0.1) is 18.7 Å². The van der Waals surface area contributed by atoms with Crippen LogP contribution in [0.25, 0.3) is 0 Å². The normalized spacial score (nSPS) is 22.8. The summed E-state index contributed by atoms with van der Waals surface area (Å²) in [5.74, 6) is -2.00. The van der Waals surface area contributed by atoms with E-state index in [1.807, 2.05) is 23.6 Å². The lowest BCUT2D eigenvalue weighted by Crippen LogP contribution is -2.48. The van der Waals surface area contributed by atoms with Gasteiger partial charge in [-0.1, -0.05) is 6.07 Å². The highest BCUT2D eigenvalue weighted by Crippen LogP contribution is 2.33. The molecule has 0 aromatic carbocycles. The first kappa shape index (κ1) is 22.9. The van der Waals surface area contributed by atoms with Crippen LogP contribution in [0.1, 0.15) is 24.1 Å². The van der Waals surface area contributed by atoms with E-state index in [1.165, 1.54) is 0 Å². The van der Waals surface area contributed by atoms with Gasteiger partial charge in [0.2, 0.25) is 11.9 Å². The molecule has 8 nitrogen and oxygen atoms in total. The quantitative estimate of drug-likeness (QED) is 0.726. The number of halogens is 3. The minimum Gasteiger partial charge on any atom is -0.475 e. The number of rotatable bonds is 4. The molecule has 4 heterocycles. The SMILES string of the molecule is O=C(NCc1cccs1)[C@H]1CC[C@@H]2[C@@H](CCN2c2ncccn2)O1.O=C(O)C(F)(F)F. The average Bonchev–Trinajstić information content (AvgIpc) is 3.41. The number of carboxylic acid groups (broad SMARTS) is 1. The minimum absolute atomic E-state index is 0.00346. The summed E-state index contributed by atoms with van der Waals surface area (Å²) in [4.78, 5) is 33.3. The maximum absolute atomic E-state index is 12.4. The molecule has 0 aliphatic carbocycles. The molecule has 2 aromatic heterocycles. The second-order valence-electron chi connectivity index (χ2n) is 6.94. The van der Waals surface area contributed by atoms with Crippen molar-refractivity contribution >= 4 is 29.2 Å². The summed E-state index contributed by atoms with van der Waals surface area (Å²) in [7, 11) is 0. The summed E-state index contributed by atoms with van der Waals surface area (Å²) >= 11 is 1.65. The van der Waals surface area contributed by atoms with E-state index >= 15 is 0 Å². The number of carboxylic acids is 1. The van der Waals surface area contributed by atoms with Gasteiger partial charge in [0.1, 0.15) is 6.10 Å². The van der Waals surface area contributed by atoms with E-state index in [4.69, 9.17) is 14.6 Å². The van der Waals surface area contributed by atoms with Crippen molar-refractivity contribution < 1.29 is 32.6 Å². The van der Waals surface area contributed by atoms with Crippen LogP contribution in [-0.2, 0) is 20.9 Å². The Balaban J connectivity index is 0.000000339. The summed E-state index contributed by atoms with van der Waals surface area (Å²) in [6.45, 7) is 1.46. The molecule has 0 saturated carbocycles. The molecule has 1 amide bonds. The Morgan fingerprint density at radius 3 is 2.55 bits per heavy atom. The molecule has 2 aliphatic heterocycles. The van der Waals surface area contributed by atoms with E-state index in [2.05, 4.69) is 20.2 Å². The molecule has 2 fully saturated rings. The number of aliphatic carboxylic acids is 1. The van der Waals surface area contributed by atoms with E-state index in [9.17, 15) is 18.0 Å². The van der Waals surface area contributed by atoms with Gasteiger partial charge in [0.15, 0.2) is 0 Å². The van der Waals surface area contributed by atoms with E-state index in [0.29, 0.717) is 6.54 Å². The van der Waals surface area contributed by atoms with Crippen molar-refractivity contribution in [2.45, 2.75) is 50.2 Å². The van der Waals surface area contributed by atoms with Gasteiger partial charge >= 0.3 is 12.1 Å². The van der Waals surface area contributed by atoms with Crippen LogP contribution in [-0.4, -0.2) is 57.9 Å². The number of thiophene rings is 1. The Bertz CT molecular complexity index is 867. The molecule has 168 valence electrons. The zero-order valence-corrected chi connectivity index (χ0v) is 17.1. The Hall–Kier alpha value is -2.73. The number of aromatic nitrogens is 2. The molecule has 12 heteroatoms. The van der Waals surface area contributed by atoms with Crippen LogP contribution in [0.5, 0.6) is 0 Å². The van der Waals surface area contributed by atoms with Gasteiger partial charge in [-0.15, -0.1) is 11.3 Å². The number of hydrogen-bond donors (Lipinski definition) is 2. The lowest BCUT2D eigenvalue weighted by molar-refractivity contribution is -0.192. The molecular formula is C19H21F3N4O4S. The Kier molecular flexibility index (Phi) is 7.44. The number of ether oxygens (including phenoxy) is 1. The number of carbonyl (C=O) groups excluding carboxylic acids is 1. The third-order valence-corrected chi connectivity index (χ3v) is 5.78. The first-order chi connectivity index (χ1) is 14.8. The highest BCUT2D eigenvalue weighted by atomic mass is 32.1. The van der Waals surface area contributed by atoms with E-state index in [-0.39, 0.29) is 24.2 Å². The van der Waals surface area contributed by atoms with Crippen molar-refractivity contribution in [3.63, 3.8) is 0 Å². The predicted octanol–water partition coefficient (Wildman–Crippen LogP) is 2.61. The highest BCUT2D eigenvalue weighted by molar-refractivity contribution is 7.09. The lowest BCUT2D eigenvalue weighted by Gasteiger charge is -2.35. The van der Waals surface area contributed by atoms with E-state index < -0.39 is 12.1 Å². The Morgan fingerprint density at radius 1 is 1.23 bits per heavy atom. The second kappa shape index (κ2) is 10.1. The summed E-state index contributed by atoms with van der Waals surface area (Å²) in [6.07, 6.45) is 0.765. The van der Waals surface area contributed by atoms with Crippen molar-refractivity contribution in [2.24, 2.45) is 0 Å². The number of amides is 1. The maximum Gasteiger partial charge on any atom is 0.490 e. The molecule has 31 heavy (non-hydrogen) atoms. The summed E-state index contributed by atoms with van der Waals surface area (Å²) < 4.78 is 37.8. The minimum atomic E-state index is -5.08. The van der Waals surface area contributed by atoms with Crippen molar-refractivity contribution in [2.75, 3.05) is 11.4 Å². The van der Waals surface area contributed by atoms with Crippen molar-refractivity contribution in [1.29, 1.82) is 0 Å². The summed E-state index contributed by atoms with van der Waals surface area (Å²) in [5.41, 5.74) is 0. The van der Waals surface area contributed by atoms with Gasteiger partial charge in [-0.3, -0.25) is 4.79 Å². The molecule has 2 saturated heterocycles. The van der Waals surface area contributed by atoms with Crippen LogP contribution in [0, 0.1) is 0 Å². The van der Waals surface area contributed by atoms with Gasteiger partial charge in [0.25, 0.3) is 0 Å². The number of anilines is 1. The van der Waals surface area contributed by atoms with Crippen molar-refractivity contribution in [3.05, 3.63) is 40.8 Å². The largest absolute Gasteiger partial charge is 0.490 e. The smallest absolute Gasteiger partial charge is 0.475 e. The molecule has 4 rings (SSSR count). The van der Waals surface area contributed by atoms with Gasteiger partial charge in [-0.25, -0.2) is 14.8 Å². The number of alkyl halides is 3. The monoisotopic (exact) mass is 458 g/mol. The number of hydrogen-bond acceptors (Lipinski definition) is 7. The molecule has 2 aromatic rings. The van der Waals surface area contributed by atoms with Crippen molar-refractivity contribution in [1.82, 2.24) is 15.3 Å². The molecule has 3 atom stereocenters. The Labute approximate surface area is 180 Å². The maximum atomic E-state index is 12.4. The predicted molar refractivity (Wildman–Crippen MR) is 106 cm³/mol. The Morgan fingerprint density at radius 2 is 1.94 bits per heavy atom. The van der Waals surface area contributed by atoms with Crippen LogP contribution in [0.4, 0.5) is 19.1 Å². The molecule has 0 spiro atoms. The highest BCUT2D eigenvalue weighted by Gasteiger charge is 2.42. The van der Waals surface area contributed by atoms with Gasteiger partial charge in [-0.2, -0.15) is 13.2 Å². The fourth-order valence-electron chi connectivity index (χ4n) is 3.51. The van der Waals surface area contributed by atoms with Crippen LogP contribution < -0.4 is 10.2 Å². The third kappa shape index (κ3) is 6.14. The number of carbonyl (C=O) groups is 2. The van der Waals surface area contributed by atoms with Crippen LogP contribution in [0.15, 0.2) is 36.0 Å². The zero-order valence-electron chi connectivity index (χ0n) is 16.3. The average molecular weight is 458 g/mol. The molecule has 0 unspecified atom stereocenters. The van der Waals surface area contributed by atoms with Gasteiger partial charge < -0.3 is 20.1 Å². The fraction of sp³-hybridized carbons (Fsp3) is 0.474. The molecule has 0 radical (unpaired) electrons. The second-order valence-corrected chi connectivity index (χ2v) is 7.97. The fourth-order valence-corrected chi connectivity index (χ4v) is 4.15. The number of nitrogens with zero attached hydrogens (tertiary/aromatic N) is 3. The lowest BCUT2D eigenvalue weighted by atomic mass is 9.99. The first-order valence-electron chi connectivity index (χ1n) is 9.55. The molecule has 0 bridgehead atoms. The standard InChI is InChI=1S/C17H20N4O2S.C2HF3O2/c22-16(20-11-12-3-1-10-24-12)15-5-4-13-14(23-15)6-9-21(13)17-18-7-2-8-19-17;3-2(4,5)1(6)7/h1-3,7-8,10,13-15H,4-6,9,11H2,(H,20,22);(H,6,7)/t13-,14-,15-;/m1./s1. The van der Waals surface area contributed by atoms with Gasteiger partial charge in [-0.05, 0) is 36.8 Å². The van der Waals surface area contributed by atoms with Crippen LogP contribution in [0.3, 0.4) is 0 Å². The van der Waals surface area contributed by atoms with Crippen LogP contribution >= 0.6 is 11.3 Å². The summed E-state index contributed by atoms with van der Waals surface area (Å²) in [6, 6.07) is 6.11. The first-order valence-corrected chi connectivity index (χ1v) is 10.4. The third-order valence-electron chi connectivity index (χ3n) is 4.91. The van der Waals surface area contributed by atoms with E-state index in [0.717, 1.165) is 36.6 Å². The zero-order chi connectivity index (χ0) is 22.4. The molecular weight excluding hydrogens is 437 g/mol. The number of nitrogens with one attached hydrogen (secondary N) is 1. The van der Waals surface area contributed by atoms with Gasteiger partial charge in [0, 0.05) is 23.8 Å². The molecule has 2 aliphatic rings. The van der Waals surface area contributed by atoms with Crippen LogP contribution in [0.2, 0.25) is 0 Å².